The van der Waals surface area contributed by atoms with E-state index in [9.17, 15) is 4.79 Å². The average Bonchev–Trinajstić information content (AvgIpc) is 2.46. The molecule has 0 fully saturated rings. The normalized spacial score (nSPS) is 10.7. The summed E-state index contributed by atoms with van der Waals surface area (Å²) in [6, 6.07) is 5.95. The van der Waals surface area contributed by atoms with E-state index in [0.717, 1.165) is 36.3 Å². The lowest BCUT2D eigenvalue weighted by Crippen LogP contribution is -2.31. The highest BCUT2D eigenvalue weighted by atomic mass is 16.1. The molecule has 0 aliphatic carbocycles. The van der Waals surface area contributed by atoms with Crippen molar-refractivity contribution in [1.29, 1.82) is 0 Å². The number of aromatic nitrogens is 3. The van der Waals surface area contributed by atoms with Crippen LogP contribution < -0.4 is 10.6 Å². The van der Waals surface area contributed by atoms with E-state index in [2.05, 4.69) is 16.9 Å². The molecular formula is C16H22N4O. The smallest absolute Gasteiger partial charge is 0.341 e. The molecule has 0 aliphatic heterocycles. The molecule has 2 rings (SSSR count). The molecule has 0 bridgehead atoms. The van der Waals surface area contributed by atoms with Crippen LogP contribution in [0.15, 0.2) is 29.3 Å². The van der Waals surface area contributed by atoms with Crippen LogP contribution in [-0.4, -0.2) is 27.6 Å². The maximum absolute atomic E-state index is 12.4. The van der Waals surface area contributed by atoms with Gasteiger partial charge in [-0.05, 0) is 38.3 Å². The summed E-state index contributed by atoms with van der Waals surface area (Å²) in [7, 11) is 0. The number of rotatable bonds is 5. The largest absolute Gasteiger partial charge is 0.356 e. The molecule has 1 aromatic carbocycles. The number of nitrogens with zero attached hydrogens (tertiary/aromatic N) is 4. The molecule has 5 nitrogen and oxygen atoms in total. The molecule has 0 spiro atoms. The number of aryl methyl sites for hydroxylation is 2. The Kier molecular flexibility index (Phi) is 4.73. The van der Waals surface area contributed by atoms with Crippen LogP contribution in [0.1, 0.15) is 31.4 Å². The summed E-state index contributed by atoms with van der Waals surface area (Å²) in [5.74, 6) is 0.506. The molecule has 0 atom stereocenters. The van der Waals surface area contributed by atoms with Gasteiger partial charge in [0, 0.05) is 13.1 Å². The van der Waals surface area contributed by atoms with Gasteiger partial charge in [-0.25, -0.2) is 9.78 Å². The van der Waals surface area contributed by atoms with Crippen LogP contribution in [0.4, 0.5) is 5.95 Å². The third-order valence-corrected chi connectivity index (χ3v) is 3.53. The molecular weight excluding hydrogens is 264 g/mol. The summed E-state index contributed by atoms with van der Waals surface area (Å²) in [4.78, 5) is 22.9. The van der Waals surface area contributed by atoms with Gasteiger partial charge in [-0.15, -0.1) is 0 Å². The quantitative estimate of drug-likeness (QED) is 0.847. The van der Waals surface area contributed by atoms with E-state index in [1.165, 1.54) is 4.57 Å². The van der Waals surface area contributed by atoms with Gasteiger partial charge in [0.25, 0.3) is 0 Å². The monoisotopic (exact) mass is 286 g/mol. The number of anilines is 1. The number of benzene rings is 1. The Hall–Kier alpha value is -2.17. The standard InChI is InChI=1S/C16H22N4O/c1-5-10-19(6-2)15-17-11-20(16(21)18-15)14-12(3)8-7-9-13(14)4/h7-9,11H,5-6,10H2,1-4H3. The molecule has 0 saturated heterocycles. The molecule has 0 radical (unpaired) electrons. The summed E-state index contributed by atoms with van der Waals surface area (Å²) >= 11 is 0. The van der Waals surface area contributed by atoms with E-state index in [0.29, 0.717) is 5.95 Å². The van der Waals surface area contributed by atoms with Crippen molar-refractivity contribution < 1.29 is 0 Å². The minimum Gasteiger partial charge on any atom is -0.341 e. The van der Waals surface area contributed by atoms with Crippen molar-refractivity contribution in [2.75, 3.05) is 18.0 Å². The van der Waals surface area contributed by atoms with Gasteiger partial charge in [0.1, 0.15) is 6.33 Å². The summed E-state index contributed by atoms with van der Waals surface area (Å²) in [6.45, 7) is 9.75. The van der Waals surface area contributed by atoms with Crippen LogP contribution >= 0.6 is 0 Å². The van der Waals surface area contributed by atoms with Crippen molar-refractivity contribution in [3.8, 4) is 5.69 Å². The van der Waals surface area contributed by atoms with E-state index < -0.39 is 0 Å². The lowest BCUT2D eigenvalue weighted by molar-refractivity contribution is 0.736. The highest BCUT2D eigenvalue weighted by Gasteiger charge is 2.11. The Morgan fingerprint density at radius 1 is 1.19 bits per heavy atom. The molecule has 0 unspecified atom stereocenters. The Morgan fingerprint density at radius 3 is 2.38 bits per heavy atom. The lowest BCUT2D eigenvalue weighted by Gasteiger charge is -2.20. The molecule has 21 heavy (non-hydrogen) atoms. The molecule has 112 valence electrons. The molecule has 0 aliphatic rings. The van der Waals surface area contributed by atoms with Crippen LogP contribution in [0, 0.1) is 13.8 Å². The Labute approximate surface area is 125 Å². The number of hydrogen-bond donors (Lipinski definition) is 0. The van der Waals surface area contributed by atoms with Gasteiger partial charge in [-0.2, -0.15) is 4.98 Å². The second kappa shape index (κ2) is 6.52. The Morgan fingerprint density at radius 2 is 1.86 bits per heavy atom. The number of hydrogen-bond acceptors (Lipinski definition) is 4. The molecule has 5 heteroatoms. The predicted octanol–water partition coefficient (Wildman–Crippen LogP) is 2.48. The minimum atomic E-state index is -0.285. The maximum atomic E-state index is 12.4. The molecule has 1 heterocycles. The first-order valence-electron chi connectivity index (χ1n) is 7.35. The zero-order valence-electron chi connectivity index (χ0n) is 13.1. The van der Waals surface area contributed by atoms with Crippen LogP contribution in [0.5, 0.6) is 0 Å². The molecule has 0 N–H and O–H groups in total. The fourth-order valence-corrected chi connectivity index (χ4v) is 2.49. The first-order chi connectivity index (χ1) is 10.1. The van der Waals surface area contributed by atoms with Crippen molar-refractivity contribution >= 4 is 5.95 Å². The van der Waals surface area contributed by atoms with Gasteiger partial charge in [0.15, 0.2) is 0 Å². The third-order valence-electron chi connectivity index (χ3n) is 3.53. The van der Waals surface area contributed by atoms with Crippen molar-refractivity contribution in [3.63, 3.8) is 0 Å². The van der Waals surface area contributed by atoms with Crippen LogP contribution in [0.3, 0.4) is 0 Å². The molecule has 1 aromatic heterocycles. The fourth-order valence-electron chi connectivity index (χ4n) is 2.49. The van der Waals surface area contributed by atoms with Crippen molar-refractivity contribution in [2.45, 2.75) is 34.1 Å². The molecule has 0 amide bonds. The summed E-state index contributed by atoms with van der Waals surface area (Å²) in [6.07, 6.45) is 2.58. The molecule has 2 aromatic rings. The summed E-state index contributed by atoms with van der Waals surface area (Å²) in [5.41, 5.74) is 2.66. The predicted molar refractivity (Wildman–Crippen MR) is 85.3 cm³/mol. The van der Waals surface area contributed by atoms with Gasteiger partial charge in [0.2, 0.25) is 5.95 Å². The first-order valence-corrected chi connectivity index (χ1v) is 7.35. The zero-order valence-corrected chi connectivity index (χ0v) is 13.1. The van der Waals surface area contributed by atoms with Crippen LogP contribution in [0.2, 0.25) is 0 Å². The van der Waals surface area contributed by atoms with E-state index >= 15 is 0 Å². The van der Waals surface area contributed by atoms with Crippen molar-refractivity contribution in [3.05, 3.63) is 46.1 Å². The zero-order chi connectivity index (χ0) is 15.4. The Bertz CT molecular complexity index is 658. The van der Waals surface area contributed by atoms with Crippen LogP contribution in [-0.2, 0) is 0 Å². The Balaban J connectivity index is 2.47. The number of para-hydroxylation sites is 1. The van der Waals surface area contributed by atoms with Crippen molar-refractivity contribution in [2.24, 2.45) is 0 Å². The SMILES string of the molecule is CCCN(CC)c1ncn(-c2c(C)cccc2C)c(=O)n1. The van der Waals surface area contributed by atoms with E-state index in [4.69, 9.17) is 0 Å². The van der Waals surface area contributed by atoms with Gasteiger partial charge in [-0.3, -0.25) is 4.57 Å². The lowest BCUT2D eigenvalue weighted by atomic mass is 10.1. The van der Waals surface area contributed by atoms with Gasteiger partial charge in [-0.1, -0.05) is 25.1 Å². The highest BCUT2D eigenvalue weighted by molar-refractivity contribution is 5.46. The van der Waals surface area contributed by atoms with Crippen LogP contribution in [0.25, 0.3) is 5.69 Å². The second-order valence-corrected chi connectivity index (χ2v) is 5.13. The van der Waals surface area contributed by atoms with Gasteiger partial charge < -0.3 is 4.90 Å². The van der Waals surface area contributed by atoms with Gasteiger partial charge in [0.05, 0.1) is 5.69 Å². The molecule has 0 saturated carbocycles. The summed E-state index contributed by atoms with van der Waals surface area (Å²) in [5, 5.41) is 0. The third kappa shape index (κ3) is 3.12. The topological polar surface area (TPSA) is 51.0 Å². The van der Waals surface area contributed by atoms with E-state index in [1.54, 1.807) is 6.33 Å². The van der Waals surface area contributed by atoms with E-state index in [1.807, 2.05) is 43.9 Å². The average molecular weight is 286 g/mol. The maximum Gasteiger partial charge on any atom is 0.356 e. The first kappa shape index (κ1) is 15.2. The minimum absolute atomic E-state index is 0.285. The van der Waals surface area contributed by atoms with Crippen molar-refractivity contribution in [1.82, 2.24) is 14.5 Å². The summed E-state index contributed by atoms with van der Waals surface area (Å²) < 4.78 is 1.52. The highest BCUT2D eigenvalue weighted by Crippen LogP contribution is 2.16. The van der Waals surface area contributed by atoms with Gasteiger partial charge >= 0.3 is 5.69 Å². The fraction of sp³-hybridized carbons (Fsp3) is 0.438. The second-order valence-electron chi connectivity index (χ2n) is 5.13. The van der Waals surface area contributed by atoms with E-state index in [-0.39, 0.29) is 5.69 Å².